The first-order valence-corrected chi connectivity index (χ1v) is 20.1. The van der Waals surface area contributed by atoms with Gasteiger partial charge in [0, 0.05) is 45.9 Å². The molecule has 0 bridgehead atoms. The van der Waals surface area contributed by atoms with Crippen LogP contribution in [0, 0.1) is 5.92 Å². The summed E-state index contributed by atoms with van der Waals surface area (Å²) in [6, 6.07) is 53.2. The lowest BCUT2D eigenvalue weighted by Gasteiger charge is -2.42. The van der Waals surface area contributed by atoms with Crippen LogP contribution in [-0.4, -0.2) is 38.1 Å². The van der Waals surface area contributed by atoms with Crippen molar-refractivity contribution in [3.8, 4) is 16.8 Å². The number of rotatable bonds is 4. The van der Waals surface area contributed by atoms with Crippen molar-refractivity contribution in [1.82, 2.24) is 14.0 Å². The van der Waals surface area contributed by atoms with E-state index in [1.807, 2.05) is 0 Å². The molecule has 5 aliphatic rings. The van der Waals surface area contributed by atoms with Crippen LogP contribution >= 0.6 is 0 Å². The molecule has 5 unspecified atom stereocenters. The summed E-state index contributed by atoms with van der Waals surface area (Å²) >= 11 is 0. The van der Waals surface area contributed by atoms with Crippen molar-refractivity contribution in [2.24, 2.45) is 10.9 Å². The predicted octanol–water partition coefficient (Wildman–Crippen LogP) is 11.2. The number of fused-ring (bicyclic) bond motifs is 12. The maximum absolute atomic E-state index is 5.50. The van der Waals surface area contributed by atoms with E-state index in [-0.39, 0.29) is 0 Å². The molecule has 2 aromatic heterocycles. The number of anilines is 1. The average molecular weight is 702 g/mol. The highest BCUT2D eigenvalue weighted by molar-refractivity contribution is 6.09. The second kappa shape index (κ2) is 11.8. The number of aliphatic imine (C=N–C) groups is 1. The molecule has 5 atom stereocenters. The normalized spacial score (nSPS) is 24.3. The average Bonchev–Trinajstić information content (AvgIpc) is 4.02. The molecule has 3 aliphatic heterocycles. The third kappa shape index (κ3) is 4.41. The van der Waals surface area contributed by atoms with Gasteiger partial charge in [0.1, 0.15) is 5.82 Å². The van der Waals surface area contributed by atoms with Gasteiger partial charge in [-0.2, -0.15) is 0 Å². The molecule has 5 aromatic carbocycles. The van der Waals surface area contributed by atoms with Gasteiger partial charge in [-0.3, -0.25) is 9.47 Å². The molecule has 0 amide bonds. The summed E-state index contributed by atoms with van der Waals surface area (Å²) < 4.78 is 4.87. The third-order valence-electron chi connectivity index (χ3n) is 13.4. The molecule has 264 valence electrons. The van der Waals surface area contributed by atoms with E-state index in [0.717, 1.165) is 18.8 Å². The predicted molar refractivity (Wildman–Crippen MR) is 221 cm³/mol. The fourth-order valence-corrected chi connectivity index (χ4v) is 11.1. The zero-order valence-electron chi connectivity index (χ0n) is 30.4. The molecule has 2 aliphatic carbocycles. The lowest BCUT2D eigenvalue weighted by atomic mass is 9.72. The van der Waals surface area contributed by atoms with E-state index in [0.29, 0.717) is 30.0 Å². The monoisotopic (exact) mass is 701 g/mol. The zero-order valence-corrected chi connectivity index (χ0v) is 30.4. The van der Waals surface area contributed by atoms with E-state index < -0.39 is 0 Å². The molecular weight excluding hydrogens is 659 g/mol. The summed E-state index contributed by atoms with van der Waals surface area (Å²) in [5, 5.41) is 2.68. The molecule has 0 radical (unpaired) electrons. The number of nitrogens with zero attached hydrogens (tertiary/aromatic N) is 5. The van der Waals surface area contributed by atoms with E-state index in [1.54, 1.807) is 0 Å². The van der Waals surface area contributed by atoms with Crippen LogP contribution in [0.4, 0.5) is 5.69 Å². The summed E-state index contributed by atoms with van der Waals surface area (Å²) in [4.78, 5) is 11.0. The standard InChI is InChI=1S/C49H43N5/c1-3-13-32(14-4-1)33-15-11-18-37(29-33)53-44-27-25-35(34-24-26-43-39(30-34)38-19-7-9-21-42(38)52(43)36-16-5-2-6-17-36)31-40(44)47-46-23-12-28-51(46)49-50-41-20-8-10-22-45(41)54(49)48(47)53/h1-7,9,11-19,21,23-24,26,28-30,35,40-41,44-45H,8,10,20,22,25,27,31H2. The van der Waals surface area contributed by atoms with Crippen LogP contribution in [-0.2, 0) is 0 Å². The first-order valence-electron chi connectivity index (χ1n) is 20.1. The molecule has 5 heterocycles. The first kappa shape index (κ1) is 30.6. The minimum absolute atomic E-state index is 0.369. The van der Waals surface area contributed by atoms with Gasteiger partial charge in [0.2, 0.25) is 5.96 Å². The Labute approximate surface area is 316 Å². The topological polar surface area (TPSA) is 28.7 Å². The van der Waals surface area contributed by atoms with Crippen molar-refractivity contribution >= 4 is 39.0 Å². The Bertz CT molecular complexity index is 2640. The molecule has 0 spiro atoms. The third-order valence-corrected chi connectivity index (χ3v) is 13.4. The Morgan fingerprint density at radius 2 is 1.33 bits per heavy atom. The van der Waals surface area contributed by atoms with Gasteiger partial charge >= 0.3 is 0 Å². The Hall–Kier alpha value is -5.81. The second-order valence-corrected chi connectivity index (χ2v) is 16.2. The quantitative estimate of drug-likeness (QED) is 0.183. The Morgan fingerprint density at radius 3 is 2.24 bits per heavy atom. The van der Waals surface area contributed by atoms with Gasteiger partial charge in [-0.1, -0.05) is 97.8 Å². The lowest BCUT2D eigenvalue weighted by molar-refractivity contribution is 0.271. The van der Waals surface area contributed by atoms with Crippen molar-refractivity contribution in [3.63, 3.8) is 0 Å². The van der Waals surface area contributed by atoms with Crippen LogP contribution in [0.25, 0.3) is 44.2 Å². The smallest absolute Gasteiger partial charge is 0.211 e. The highest BCUT2D eigenvalue weighted by Gasteiger charge is 2.54. The molecule has 5 heteroatoms. The summed E-state index contributed by atoms with van der Waals surface area (Å²) in [6.07, 6.45) is 10.7. The van der Waals surface area contributed by atoms with Gasteiger partial charge in [-0.05, 0) is 109 Å². The van der Waals surface area contributed by atoms with Gasteiger partial charge in [-0.25, -0.2) is 4.99 Å². The van der Waals surface area contributed by atoms with Gasteiger partial charge in [0.25, 0.3) is 0 Å². The number of benzene rings is 5. The van der Waals surface area contributed by atoms with E-state index in [2.05, 4.69) is 165 Å². The molecule has 0 N–H and O–H groups in total. The number of hydrogen-bond donors (Lipinski definition) is 0. The molecule has 54 heavy (non-hydrogen) atoms. The van der Waals surface area contributed by atoms with Crippen LogP contribution in [0.1, 0.15) is 62.1 Å². The fourth-order valence-electron chi connectivity index (χ4n) is 11.1. The van der Waals surface area contributed by atoms with Crippen LogP contribution in [0.15, 0.2) is 157 Å². The Morgan fingerprint density at radius 1 is 0.556 bits per heavy atom. The summed E-state index contributed by atoms with van der Waals surface area (Å²) in [5.41, 5.74) is 12.0. The molecule has 5 nitrogen and oxygen atoms in total. The van der Waals surface area contributed by atoms with Crippen molar-refractivity contribution in [2.45, 2.75) is 69.0 Å². The van der Waals surface area contributed by atoms with Crippen LogP contribution in [0.5, 0.6) is 0 Å². The first-order chi connectivity index (χ1) is 26.8. The van der Waals surface area contributed by atoms with Gasteiger partial charge in [0.05, 0.1) is 28.8 Å². The zero-order chi connectivity index (χ0) is 35.3. The van der Waals surface area contributed by atoms with E-state index in [1.165, 1.54) is 99.1 Å². The van der Waals surface area contributed by atoms with Crippen molar-refractivity contribution in [1.29, 1.82) is 0 Å². The largest absolute Gasteiger partial charge is 0.324 e. The lowest BCUT2D eigenvalue weighted by Crippen LogP contribution is -2.49. The summed E-state index contributed by atoms with van der Waals surface area (Å²) in [6.45, 7) is 0. The molecule has 2 fully saturated rings. The van der Waals surface area contributed by atoms with Crippen LogP contribution < -0.4 is 4.90 Å². The van der Waals surface area contributed by atoms with Crippen LogP contribution in [0.3, 0.4) is 0 Å². The minimum atomic E-state index is 0.369. The van der Waals surface area contributed by atoms with Gasteiger partial charge in [0.15, 0.2) is 0 Å². The molecule has 7 aromatic rings. The van der Waals surface area contributed by atoms with Crippen molar-refractivity contribution in [2.75, 3.05) is 4.90 Å². The van der Waals surface area contributed by atoms with E-state index in [4.69, 9.17) is 4.99 Å². The summed E-state index contributed by atoms with van der Waals surface area (Å²) in [7, 11) is 0. The maximum atomic E-state index is 5.50. The van der Waals surface area contributed by atoms with E-state index >= 15 is 0 Å². The Kier molecular flexibility index (Phi) is 6.72. The molecular formula is C49H43N5. The van der Waals surface area contributed by atoms with Crippen molar-refractivity contribution in [3.05, 3.63) is 163 Å². The fraction of sp³-hybridized carbons (Fsp3) is 0.245. The number of aromatic nitrogens is 2. The van der Waals surface area contributed by atoms with Crippen LogP contribution in [0.2, 0.25) is 0 Å². The molecule has 12 rings (SSSR count). The summed E-state index contributed by atoms with van der Waals surface area (Å²) in [5.74, 6) is 3.46. The van der Waals surface area contributed by atoms with E-state index in [9.17, 15) is 0 Å². The SMILES string of the molecule is c1ccc(-c2cccc(N3C4=C(c5cccn5C5=NC6CCCCC6N54)C4CC(c5ccc6c(c5)c5ccccc5n6-c5ccccc5)CCC43)c2)cc1. The number of para-hydroxylation sites is 2. The maximum Gasteiger partial charge on any atom is 0.211 e. The minimum Gasteiger partial charge on any atom is -0.324 e. The van der Waals surface area contributed by atoms with Gasteiger partial charge < -0.3 is 9.47 Å². The van der Waals surface area contributed by atoms with Crippen molar-refractivity contribution < 1.29 is 0 Å². The highest BCUT2D eigenvalue weighted by Crippen LogP contribution is 2.56. The second-order valence-electron chi connectivity index (χ2n) is 16.2. The Balaban J connectivity index is 0.994. The molecule has 2 saturated carbocycles. The molecule has 0 saturated heterocycles. The van der Waals surface area contributed by atoms with Gasteiger partial charge in [-0.15, -0.1) is 0 Å². The highest BCUT2D eigenvalue weighted by atomic mass is 15.5. The number of hydrogen-bond acceptors (Lipinski definition) is 3.